The molecule has 4 heteroatoms. The van der Waals surface area contributed by atoms with E-state index < -0.39 is 0 Å². The van der Waals surface area contributed by atoms with E-state index in [0.29, 0.717) is 17.4 Å². The zero-order chi connectivity index (χ0) is 15.9. The Hall–Kier alpha value is -1.81. The van der Waals surface area contributed by atoms with E-state index in [0.717, 1.165) is 19.4 Å². The van der Waals surface area contributed by atoms with E-state index >= 15 is 0 Å². The Morgan fingerprint density at radius 3 is 2.91 bits per heavy atom. The van der Waals surface area contributed by atoms with Gasteiger partial charge in [-0.3, -0.25) is 10.2 Å². The van der Waals surface area contributed by atoms with Crippen LogP contribution in [0, 0.1) is 11.8 Å². The van der Waals surface area contributed by atoms with Crippen molar-refractivity contribution in [3.63, 3.8) is 0 Å². The lowest BCUT2D eigenvalue weighted by atomic mass is 9.87. The molecule has 0 saturated carbocycles. The van der Waals surface area contributed by atoms with Crippen molar-refractivity contribution in [2.24, 2.45) is 17.7 Å². The number of fused-ring (bicyclic) bond motifs is 3. The van der Waals surface area contributed by atoms with Crippen LogP contribution in [0.15, 0.2) is 18.2 Å². The molecule has 118 valence electrons. The van der Waals surface area contributed by atoms with Crippen LogP contribution in [0.5, 0.6) is 0 Å². The fourth-order valence-corrected chi connectivity index (χ4v) is 3.62. The molecule has 1 heterocycles. The second-order valence-electron chi connectivity index (χ2n) is 6.98. The summed E-state index contributed by atoms with van der Waals surface area (Å²) < 4.78 is 2.46. The van der Waals surface area contributed by atoms with Gasteiger partial charge in [0.2, 0.25) is 0 Å². The molecule has 22 heavy (non-hydrogen) atoms. The first-order chi connectivity index (χ1) is 10.5. The van der Waals surface area contributed by atoms with Crippen molar-refractivity contribution >= 4 is 16.8 Å². The molecule has 1 atom stereocenters. The molecule has 0 spiro atoms. The second kappa shape index (κ2) is 5.76. The number of amides is 1. The molecular formula is C18H25N3O. The van der Waals surface area contributed by atoms with E-state index in [2.05, 4.69) is 36.8 Å². The van der Waals surface area contributed by atoms with Crippen LogP contribution in [0.2, 0.25) is 0 Å². The number of hydrogen-bond acceptors (Lipinski definition) is 2. The molecular weight excluding hydrogens is 274 g/mol. The van der Waals surface area contributed by atoms with Crippen LogP contribution >= 0.6 is 0 Å². The normalized spacial score (nSPS) is 17.8. The zero-order valence-corrected chi connectivity index (χ0v) is 13.6. The largest absolute Gasteiger partial charge is 0.344 e. The summed E-state index contributed by atoms with van der Waals surface area (Å²) in [4.78, 5) is 11.8. The zero-order valence-electron chi connectivity index (χ0n) is 13.6. The molecule has 1 aromatic heterocycles. The van der Waals surface area contributed by atoms with E-state index in [4.69, 9.17) is 5.84 Å². The van der Waals surface area contributed by atoms with Crippen LogP contribution in [0.1, 0.15) is 48.8 Å². The Kier molecular flexibility index (Phi) is 3.96. The summed E-state index contributed by atoms with van der Waals surface area (Å²) in [5.41, 5.74) is 7.01. The highest BCUT2D eigenvalue weighted by Crippen LogP contribution is 2.35. The first kappa shape index (κ1) is 15.1. The smallest absolute Gasteiger partial charge is 0.265 e. The van der Waals surface area contributed by atoms with Crippen LogP contribution < -0.4 is 11.3 Å². The maximum absolute atomic E-state index is 11.8. The topological polar surface area (TPSA) is 60.0 Å². The minimum absolute atomic E-state index is 0.226. The van der Waals surface area contributed by atoms with Crippen molar-refractivity contribution in [1.82, 2.24) is 9.99 Å². The third-order valence-electron chi connectivity index (χ3n) is 4.65. The van der Waals surface area contributed by atoms with E-state index in [1.807, 2.05) is 12.1 Å². The number of hydrazine groups is 1. The molecule has 1 unspecified atom stereocenters. The Balaban J connectivity index is 2.20. The van der Waals surface area contributed by atoms with Gasteiger partial charge < -0.3 is 4.57 Å². The van der Waals surface area contributed by atoms with Gasteiger partial charge >= 0.3 is 0 Å². The highest BCUT2D eigenvalue weighted by atomic mass is 16.2. The molecule has 1 amide bonds. The number of hydrogen-bond donors (Lipinski definition) is 2. The van der Waals surface area contributed by atoms with E-state index in [9.17, 15) is 4.79 Å². The van der Waals surface area contributed by atoms with Crippen LogP contribution in [-0.2, 0) is 19.4 Å². The highest BCUT2D eigenvalue weighted by molar-refractivity contribution is 5.99. The van der Waals surface area contributed by atoms with Gasteiger partial charge in [0.05, 0.1) is 0 Å². The van der Waals surface area contributed by atoms with Gasteiger partial charge in [-0.1, -0.05) is 20.8 Å². The summed E-state index contributed by atoms with van der Waals surface area (Å²) in [5, 5.41) is 1.23. The Labute approximate surface area is 131 Å². The van der Waals surface area contributed by atoms with Gasteiger partial charge in [0.25, 0.3) is 5.91 Å². The van der Waals surface area contributed by atoms with Crippen LogP contribution in [0.4, 0.5) is 0 Å². The summed E-state index contributed by atoms with van der Waals surface area (Å²) in [6, 6.07) is 5.95. The third kappa shape index (κ3) is 2.52. The molecule has 3 rings (SSSR count). The molecule has 0 aliphatic heterocycles. The van der Waals surface area contributed by atoms with Crippen molar-refractivity contribution in [2.45, 2.75) is 46.6 Å². The first-order valence-corrected chi connectivity index (χ1v) is 8.16. The SMILES string of the molecule is CC(C)Cn1c2c(c3cc(C(=O)NN)ccc31)CC(C)CC2. The summed E-state index contributed by atoms with van der Waals surface area (Å²) in [7, 11) is 0. The number of benzene rings is 1. The Morgan fingerprint density at radius 1 is 1.45 bits per heavy atom. The maximum atomic E-state index is 11.8. The molecule has 0 bridgehead atoms. The molecule has 4 nitrogen and oxygen atoms in total. The average Bonchev–Trinajstić information content (AvgIpc) is 2.79. The monoisotopic (exact) mass is 299 g/mol. The predicted octanol–water partition coefficient (Wildman–Crippen LogP) is 3.03. The molecule has 0 radical (unpaired) electrons. The van der Waals surface area contributed by atoms with Crippen LogP contribution in [-0.4, -0.2) is 10.5 Å². The quantitative estimate of drug-likeness (QED) is 0.520. The van der Waals surface area contributed by atoms with Gasteiger partial charge in [-0.15, -0.1) is 0 Å². The lowest BCUT2D eigenvalue weighted by Gasteiger charge is -2.21. The molecule has 0 fully saturated rings. The van der Waals surface area contributed by atoms with Gasteiger partial charge in [-0.25, -0.2) is 5.84 Å². The number of nitrogens with two attached hydrogens (primary N) is 1. The fraction of sp³-hybridized carbons (Fsp3) is 0.500. The van der Waals surface area contributed by atoms with Crippen molar-refractivity contribution in [3.8, 4) is 0 Å². The number of rotatable bonds is 3. The van der Waals surface area contributed by atoms with E-state index in [-0.39, 0.29) is 5.91 Å². The number of aromatic nitrogens is 1. The van der Waals surface area contributed by atoms with Crippen molar-refractivity contribution in [3.05, 3.63) is 35.0 Å². The number of nitrogens with one attached hydrogen (secondary N) is 1. The summed E-state index contributed by atoms with van der Waals surface area (Å²) in [5.74, 6) is 6.36. The molecule has 3 N–H and O–H groups in total. The van der Waals surface area contributed by atoms with Gasteiger partial charge in [0.1, 0.15) is 0 Å². The summed E-state index contributed by atoms with van der Waals surface area (Å²) >= 11 is 0. The molecule has 0 saturated heterocycles. The molecule has 1 aliphatic carbocycles. The number of nitrogens with zero attached hydrogens (tertiary/aromatic N) is 1. The minimum atomic E-state index is -0.226. The highest BCUT2D eigenvalue weighted by Gasteiger charge is 2.24. The number of carbonyl (C=O) groups excluding carboxylic acids is 1. The van der Waals surface area contributed by atoms with E-state index in [1.165, 1.54) is 28.6 Å². The lowest BCUT2D eigenvalue weighted by molar-refractivity contribution is 0.0954. The van der Waals surface area contributed by atoms with Gasteiger partial charge in [-0.05, 0) is 54.9 Å². The number of carbonyl (C=O) groups is 1. The summed E-state index contributed by atoms with van der Waals surface area (Å²) in [6.45, 7) is 7.84. The lowest BCUT2D eigenvalue weighted by Crippen LogP contribution is -2.29. The van der Waals surface area contributed by atoms with Gasteiger partial charge in [0, 0.05) is 28.7 Å². The Morgan fingerprint density at radius 2 is 2.23 bits per heavy atom. The predicted molar refractivity (Wildman–Crippen MR) is 89.6 cm³/mol. The van der Waals surface area contributed by atoms with Crippen molar-refractivity contribution in [1.29, 1.82) is 0 Å². The molecule has 1 aliphatic rings. The average molecular weight is 299 g/mol. The maximum Gasteiger partial charge on any atom is 0.265 e. The van der Waals surface area contributed by atoms with Gasteiger partial charge in [0.15, 0.2) is 0 Å². The Bertz CT molecular complexity index is 715. The van der Waals surface area contributed by atoms with Crippen molar-refractivity contribution in [2.75, 3.05) is 0 Å². The van der Waals surface area contributed by atoms with Crippen molar-refractivity contribution < 1.29 is 4.79 Å². The standard InChI is InChI=1S/C18H25N3O/c1-11(2)10-21-16-6-4-12(3)8-14(16)15-9-13(18(22)20-19)5-7-17(15)21/h5,7,9,11-12H,4,6,8,10,19H2,1-3H3,(H,20,22). The molecule has 2 aromatic rings. The summed E-state index contributed by atoms with van der Waals surface area (Å²) in [6.07, 6.45) is 3.48. The van der Waals surface area contributed by atoms with Crippen LogP contribution in [0.3, 0.4) is 0 Å². The third-order valence-corrected chi connectivity index (χ3v) is 4.65. The fourth-order valence-electron chi connectivity index (χ4n) is 3.62. The number of nitrogen functional groups attached to an aromatic ring is 1. The van der Waals surface area contributed by atoms with Crippen LogP contribution in [0.25, 0.3) is 10.9 Å². The molecule has 1 aromatic carbocycles. The minimum Gasteiger partial charge on any atom is -0.344 e. The first-order valence-electron chi connectivity index (χ1n) is 8.16. The second-order valence-corrected chi connectivity index (χ2v) is 6.98. The van der Waals surface area contributed by atoms with E-state index in [1.54, 1.807) is 0 Å². The van der Waals surface area contributed by atoms with Gasteiger partial charge in [-0.2, -0.15) is 0 Å².